The molecular formula is C23H23N3O4. The molecule has 2 amide bonds. The maximum atomic E-state index is 12.2. The molecule has 30 heavy (non-hydrogen) atoms. The minimum Gasteiger partial charge on any atom is -0.452 e. The number of amides is 2. The third kappa shape index (κ3) is 5.14. The van der Waals surface area contributed by atoms with E-state index >= 15 is 0 Å². The number of benzene rings is 2. The molecule has 2 aromatic carbocycles. The van der Waals surface area contributed by atoms with Crippen molar-refractivity contribution in [2.75, 3.05) is 17.2 Å². The number of esters is 1. The topological polar surface area (TPSA) is 89.4 Å². The number of anilines is 2. The lowest BCUT2D eigenvalue weighted by Gasteiger charge is -2.10. The van der Waals surface area contributed by atoms with Crippen molar-refractivity contribution in [1.82, 2.24) is 4.57 Å². The lowest BCUT2D eigenvalue weighted by molar-refractivity contribution is -0.119. The zero-order valence-corrected chi connectivity index (χ0v) is 17.1. The van der Waals surface area contributed by atoms with Gasteiger partial charge in [-0.2, -0.15) is 0 Å². The van der Waals surface area contributed by atoms with Gasteiger partial charge in [0.2, 0.25) is 5.91 Å². The molecule has 0 saturated carbocycles. The van der Waals surface area contributed by atoms with Crippen molar-refractivity contribution in [3.63, 3.8) is 0 Å². The highest BCUT2D eigenvalue weighted by Gasteiger charge is 2.12. The van der Waals surface area contributed by atoms with Crippen molar-refractivity contribution in [1.29, 1.82) is 0 Å². The number of aryl methyl sites for hydroxylation is 2. The van der Waals surface area contributed by atoms with E-state index in [2.05, 4.69) is 15.2 Å². The molecule has 0 saturated heterocycles. The Balaban J connectivity index is 1.53. The van der Waals surface area contributed by atoms with Crippen molar-refractivity contribution in [3.8, 4) is 5.69 Å². The summed E-state index contributed by atoms with van der Waals surface area (Å²) in [5, 5.41) is 5.28. The predicted molar refractivity (Wildman–Crippen MR) is 115 cm³/mol. The van der Waals surface area contributed by atoms with E-state index in [1.165, 1.54) is 6.92 Å². The Morgan fingerprint density at radius 1 is 0.800 bits per heavy atom. The van der Waals surface area contributed by atoms with Gasteiger partial charge in [-0.15, -0.1) is 0 Å². The first-order valence-electron chi connectivity index (χ1n) is 9.43. The first-order valence-corrected chi connectivity index (χ1v) is 9.43. The molecule has 3 aromatic rings. The van der Waals surface area contributed by atoms with Gasteiger partial charge in [-0.05, 0) is 74.5 Å². The molecule has 0 aliphatic carbocycles. The van der Waals surface area contributed by atoms with Crippen LogP contribution in [0.1, 0.15) is 28.7 Å². The monoisotopic (exact) mass is 405 g/mol. The van der Waals surface area contributed by atoms with Crippen LogP contribution in [-0.4, -0.2) is 29.0 Å². The number of hydrogen-bond acceptors (Lipinski definition) is 4. The molecule has 7 nitrogen and oxygen atoms in total. The van der Waals surface area contributed by atoms with Crippen LogP contribution in [0.3, 0.4) is 0 Å². The van der Waals surface area contributed by atoms with E-state index in [4.69, 9.17) is 4.74 Å². The van der Waals surface area contributed by atoms with Crippen LogP contribution in [0.25, 0.3) is 5.69 Å². The van der Waals surface area contributed by atoms with E-state index in [1.54, 1.807) is 36.4 Å². The van der Waals surface area contributed by atoms with Gasteiger partial charge in [0.25, 0.3) is 5.91 Å². The lowest BCUT2D eigenvalue weighted by Crippen LogP contribution is -2.21. The molecule has 2 N–H and O–H groups in total. The Kier molecular flexibility index (Phi) is 6.32. The second-order valence-corrected chi connectivity index (χ2v) is 6.88. The molecule has 3 rings (SSSR count). The lowest BCUT2D eigenvalue weighted by atomic mass is 10.2. The van der Waals surface area contributed by atoms with E-state index in [0.29, 0.717) is 16.9 Å². The van der Waals surface area contributed by atoms with Gasteiger partial charge in [0, 0.05) is 35.4 Å². The fourth-order valence-electron chi connectivity index (χ4n) is 3.07. The first kappa shape index (κ1) is 20.9. The van der Waals surface area contributed by atoms with Crippen LogP contribution < -0.4 is 10.6 Å². The molecule has 1 heterocycles. The Morgan fingerprint density at radius 3 is 1.87 bits per heavy atom. The van der Waals surface area contributed by atoms with E-state index in [1.807, 2.05) is 38.1 Å². The summed E-state index contributed by atoms with van der Waals surface area (Å²) in [6.07, 6.45) is 0. The van der Waals surface area contributed by atoms with Crippen LogP contribution in [0, 0.1) is 13.8 Å². The summed E-state index contributed by atoms with van der Waals surface area (Å²) >= 11 is 0. The van der Waals surface area contributed by atoms with Gasteiger partial charge in [-0.25, -0.2) is 4.79 Å². The number of nitrogens with zero attached hydrogens (tertiary/aromatic N) is 1. The van der Waals surface area contributed by atoms with Crippen LogP contribution in [0.2, 0.25) is 0 Å². The molecule has 7 heteroatoms. The minimum absolute atomic E-state index is 0.176. The number of hydrogen-bond donors (Lipinski definition) is 2. The Bertz CT molecular complexity index is 1050. The average Bonchev–Trinajstić information content (AvgIpc) is 3.05. The molecule has 0 fully saturated rings. The van der Waals surface area contributed by atoms with Crippen LogP contribution in [0.5, 0.6) is 0 Å². The van der Waals surface area contributed by atoms with Gasteiger partial charge < -0.3 is 19.9 Å². The molecule has 0 aliphatic rings. The standard InChI is InChI=1S/C23H23N3O4/c1-15-4-5-16(2)26(15)21-12-6-18(7-13-21)23(29)30-14-22(28)25-20-10-8-19(9-11-20)24-17(3)27/h4-13H,14H2,1-3H3,(H,24,27)(H,25,28). The third-order valence-corrected chi connectivity index (χ3v) is 4.46. The minimum atomic E-state index is -0.571. The highest BCUT2D eigenvalue weighted by Crippen LogP contribution is 2.17. The number of carbonyl (C=O) groups is 3. The van der Waals surface area contributed by atoms with Gasteiger partial charge in [-0.1, -0.05) is 0 Å². The quantitative estimate of drug-likeness (QED) is 0.610. The number of aromatic nitrogens is 1. The summed E-state index contributed by atoms with van der Waals surface area (Å²) in [7, 11) is 0. The molecule has 0 bridgehead atoms. The Labute approximate surface area is 174 Å². The summed E-state index contributed by atoms with van der Waals surface area (Å²) in [6, 6.07) is 17.7. The van der Waals surface area contributed by atoms with E-state index < -0.39 is 18.5 Å². The molecule has 0 unspecified atom stereocenters. The summed E-state index contributed by atoms with van der Waals surface area (Å²) < 4.78 is 7.18. The average molecular weight is 405 g/mol. The third-order valence-electron chi connectivity index (χ3n) is 4.46. The van der Waals surface area contributed by atoms with E-state index in [-0.39, 0.29) is 5.91 Å². The summed E-state index contributed by atoms with van der Waals surface area (Å²) in [5.74, 6) is -1.20. The van der Waals surface area contributed by atoms with Gasteiger partial charge in [0.15, 0.2) is 6.61 Å². The highest BCUT2D eigenvalue weighted by atomic mass is 16.5. The molecule has 0 radical (unpaired) electrons. The second-order valence-electron chi connectivity index (χ2n) is 6.88. The largest absolute Gasteiger partial charge is 0.452 e. The van der Waals surface area contributed by atoms with Crippen molar-refractivity contribution in [2.24, 2.45) is 0 Å². The van der Waals surface area contributed by atoms with Gasteiger partial charge in [-0.3, -0.25) is 9.59 Å². The van der Waals surface area contributed by atoms with Gasteiger partial charge >= 0.3 is 5.97 Å². The zero-order chi connectivity index (χ0) is 21.7. The fourth-order valence-corrected chi connectivity index (χ4v) is 3.07. The van der Waals surface area contributed by atoms with E-state index in [9.17, 15) is 14.4 Å². The SMILES string of the molecule is CC(=O)Nc1ccc(NC(=O)COC(=O)c2ccc(-n3c(C)ccc3C)cc2)cc1. The molecular weight excluding hydrogens is 382 g/mol. The van der Waals surface area contributed by atoms with Crippen LogP contribution in [-0.2, 0) is 14.3 Å². The van der Waals surface area contributed by atoms with E-state index in [0.717, 1.165) is 17.1 Å². The molecule has 0 spiro atoms. The Morgan fingerprint density at radius 2 is 1.33 bits per heavy atom. The fraction of sp³-hybridized carbons (Fsp3) is 0.174. The normalized spacial score (nSPS) is 10.4. The van der Waals surface area contributed by atoms with Gasteiger partial charge in [0.1, 0.15) is 0 Å². The van der Waals surface area contributed by atoms with Crippen molar-refractivity contribution in [3.05, 3.63) is 77.6 Å². The maximum absolute atomic E-state index is 12.2. The van der Waals surface area contributed by atoms with Crippen LogP contribution in [0.4, 0.5) is 11.4 Å². The van der Waals surface area contributed by atoms with Gasteiger partial charge in [0.05, 0.1) is 5.56 Å². The molecule has 1 aromatic heterocycles. The predicted octanol–water partition coefficient (Wildman–Crippen LogP) is 3.85. The summed E-state index contributed by atoms with van der Waals surface area (Å²) in [4.78, 5) is 35.3. The zero-order valence-electron chi connectivity index (χ0n) is 17.1. The highest BCUT2D eigenvalue weighted by molar-refractivity contribution is 5.96. The van der Waals surface area contributed by atoms with Crippen molar-refractivity contribution >= 4 is 29.2 Å². The number of nitrogens with one attached hydrogen (secondary N) is 2. The summed E-state index contributed by atoms with van der Waals surface area (Å²) in [5.41, 5.74) is 4.68. The first-order chi connectivity index (χ1) is 14.3. The van der Waals surface area contributed by atoms with Crippen LogP contribution >= 0.6 is 0 Å². The Hall–Kier alpha value is -3.87. The molecule has 0 atom stereocenters. The number of ether oxygens (including phenoxy) is 1. The second kappa shape index (κ2) is 9.09. The maximum Gasteiger partial charge on any atom is 0.338 e. The van der Waals surface area contributed by atoms with Crippen LogP contribution in [0.15, 0.2) is 60.7 Å². The number of rotatable bonds is 6. The number of carbonyl (C=O) groups excluding carboxylic acids is 3. The van der Waals surface area contributed by atoms with Crippen molar-refractivity contribution in [2.45, 2.75) is 20.8 Å². The summed E-state index contributed by atoms with van der Waals surface area (Å²) in [6.45, 7) is 5.05. The molecule has 154 valence electrons. The smallest absolute Gasteiger partial charge is 0.338 e. The van der Waals surface area contributed by atoms with Crippen molar-refractivity contribution < 1.29 is 19.1 Å². The molecule has 0 aliphatic heterocycles.